The Labute approximate surface area is 175 Å². The number of carbonyl (C=O) groups excluding carboxylic acids is 1. The lowest BCUT2D eigenvalue weighted by Crippen LogP contribution is -2.29. The molecule has 1 heterocycles. The Morgan fingerprint density at radius 3 is 2.43 bits per heavy atom. The molecule has 0 aliphatic carbocycles. The van der Waals surface area contributed by atoms with Gasteiger partial charge < -0.3 is 15.2 Å². The quantitative estimate of drug-likeness (QED) is 0.481. The molecule has 1 atom stereocenters. The highest BCUT2D eigenvalue weighted by molar-refractivity contribution is 5.94. The number of nitrogens with one attached hydrogen (secondary N) is 2. The number of aromatic amines is 1. The molecule has 5 heteroatoms. The highest BCUT2D eigenvalue weighted by Gasteiger charge is 2.20. The maximum absolute atomic E-state index is 14.0. The van der Waals surface area contributed by atoms with Crippen LogP contribution >= 0.6 is 0 Å². The van der Waals surface area contributed by atoms with E-state index >= 15 is 0 Å². The number of fused-ring (bicyclic) bond motifs is 1. The molecule has 0 bridgehead atoms. The van der Waals surface area contributed by atoms with E-state index in [1.54, 1.807) is 12.1 Å². The van der Waals surface area contributed by atoms with E-state index in [0.29, 0.717) is 6.54 Å². The van der Waals surface area contributed by atoms with E-state index in [1.165, 1.54) is 12.1 Å². The first-order valence-electron chi connectivity index (χ1n) is 9.90. The third kappa shape index (κ3) is 3.92. The molecule has 30 heavy (non-hydrogen) atoms. The molecule has 0 radical (unpaired) electrons. The van der Waals surface area contributed by atoms with Gasteiger partial charge >= 0.3 is 0 Å². The topological polar surface area (TPSA) is 48.1 Å². The summed E-state index contributed by atoms with van der Waals surface area (Å²) < 4.78 is 14.0. The zero-order valence-corrected chi connectivity index (χ0v) is 17.0. The maximum Gasteiger partial charge on any atom is 0.254 e. The molecular formula is C25H24FN3O. The molecule has 0 fully saturated rings. The second kappa shape index (κ2) is 8.41. The van der Waals surface area contributed by atoms with Gasteiger partial charge in [-0.05, 0) is 41.5 Å². The van der Waals surface area contributed by atoms with Crippen molar-refractivity contribution in [1.29, 1.82) is 0 Å². The van der Waals surface area contributed by atoms with Crippen LogP contribution in [0.2, 0.25) is 0 Å². The van der Waals surface area contributed by atoms with Crippen LogP contribution in [0.3, 0.4) is 0 Å². The third-order valence-electron chi connectivity index (χ3n) is 5.39. The fourth-order valence-corrected chi connectivity index (χ4v) is 3.73. The number of nitrogens with zero attached hydrogens (tertiary/aromatic N) is 1. The molecule has 0 spiro atoms. The minimum absolute atomic E-state index is 0.0538. The molecule has 2 N–H and O–H groups in total. The van der Waals surface area contributed by atoms with Crippen molar-refractivity contribution in [3.63, 3.8) is 0 Å². The predicted molar refractivity (Wildman–Crippen MR) is 120 cm³/mol. The Hall–Kier alpha value is -3.60. The van der Waals surface area contributed by atoms with Gasteiger partial charge in [0.25, 0.3) is 5.91 Å². The van der Waals surface area contributed by atoms with Crippen LogP contribution in [-0.4, -0.2) is 31.5 Å². The second-order valence-corrected chi connectivity index (χ2v) is 7.52. The summed E-state index contributed by atoms with van der Waals surface area (Å²) in [6.07, 6.45) is 1.99. The molecule has 4 nitrogen and oxygen atoms in total. The van der Waals surface area contributed by atoms with Crippen molar-refractivity contribution in [1.82, 2.24) is 10.3 Å². The number of benzene rings is 3. The molecular weight excluding hydrogens is 377 g/mol. The molecule has 0 saturated carbocycles. The molecule has 3 aromatic carbocycles. The molecule has 0 aliphatic rings. The van der Waals surface area contributed by atoms with E-state index in [-0.39, 0.29) is 11.5 Å². The van der Waals surface area contributed by atoms with Crippen LogP contribution in [0.5, 0.6) is 0 Å². The minimum Gasteiger partial charge on any atom is -0.378 e. The zero-order valence-electron chi connectivity index (χ0n) is 17.0. The van der Waals surface area contributed by atoms with Gasteiger partial charge in [-0.2, -0.15) is 0 Å². The van der Waals surface area contributed by atoms with E-state index in [1.807, 2.05) is 43.4 Å². The Morgan fingerprint density at radius 1 is 1.00 bits per heavy atom. The maximum atomic E-state index is 14.0. The molecule has 0 saturated heterocycles. The normalized spacial score (nSPS) is 12.0. The number of rotatable bonds is 6. The first-order chi connectivity index (χ1) is 14.5. The lowest BCUT2D eigenvalue weighted by Gasteiger charge is -2.20. The van der Waals surface area contributed by atoms with E-state index in [0.717, 1.165) is 27.7 Å². The van der Waals surface area contributed by atoms with Crippen molar-refractivity contribution < 1.29 is 9.18 Å². The number of anilines is 1. The molecule has 0 aliphatic heterocycles. The molecule has 1 aromatic heterocycles. The van der Waals surface area contributed by atoms with Gasteiger partial charge in [0.15, 0.2) is 0 Å². The number of para-hydroxylation sites is 1. The Balaban J connectivity index is 1.67. The summed E-state index contributed by atoms with van der Waals surface area (Å²) in [4.78, 5) is 18.0. The van der Waals surface area contributed by atoms with Crippen LogP contribution in [0, 0.1) is 5.82 Å². The highest BCUT2D eigenvalue weighted by atomic mass is 19.1. The van der Waals surface area contributed by atoms with Crippen LogP contribution in [0.1, 0.15) is 27.4 Å². The van der Waals surface area contributed by atoms with Gasteiger partial charge in [0.05, 0.1) is 5.56 Å². The summed E-state index contributed by atoms with van der Waals surface area (Å²) in [5.74, 6) is -1.01. The van der Waals surface area contributed by atoms with Crippen LogP contribution in [0.25, 0.3) is 10.9 Å². The average Bonchev–Trinajstić information content (AvgIpc) is 3.18. The molecule has 152 valence electrons. The average molecular weight is 401 g/mol. The standard InChI is InChI=1S/C25H24FN3O/c1-29(2)18-13-11-17(12-14-18)21(22-16-27-24-10-6-4-7-19(22)24)15-28-25(30)20-8-3-5-9-23(20)26/h3-14,16,21,27H,15H2,1-2H3,(H,28,30)/t21-/m1/s1. The number of carbonyl (C=O) groups is 1. The van der Waals surface area contributed by atoms with Crippen LogP contribution in [-0.2, 0) is 0 Å². The Kier molecular flexibility index (Phi) is 5.53. The summed E-state index contributed by atoms with van der Waals surface area (Å²) in [5, 5.41) is 4.04. The molecule has 0 unspecified atom stereocenters. The van der Waals surface area contributed by atoms with Gasteiger partial charge in [0, 0.05) is 49.3 Å². The number of hydrogen-bond acceptors (Lipinski definition) is 2. The van der Waals surface area contributed by atoms with Gasteiger partial charge in [0.1, 0.15) is 5.82 Å². The van der Waals surface area contributed by atoms with Crippen LogP contribution in [0.4, 0.5) is 10.1 Å². The van der Waals surface area contributed by atoms with Crippen LogP contribution in [0.15, 0.2) is 79.0 Å². The van der Waals surface area contributed by atoms with Crippen molar-refractivity contribution in [3.8, 4) is 0 Å². The summed E-state index contributed by atoms with van der Waals surface area (Å²) in [7, 11) is 4.00. The molecule has 4 rings (SSSR count). The number of hydrogen-bond donors (Lipinski definition) is 2. The van der Waals surface area contributed by atoms with Gasteiger partial charge in [0.2, 0.25) is 0 Å². The van der Waals surface area contributed by atoms with Crippen molar-refractivity contribution in [2.75, 3.05) is 25.5 Å². The first kappa shape index (κ1) is 19.7. The summed E-state index contributed by atoms with van der Waals surface area (Å²) in [6.45, 7) is 0.357. The summed E-state index contributed by atoms with van der Waals surface area (Å²) in [6, 6.07) is 22.4. The van der Waals surface area contributed by atoms with E-state index in [4.69, 9.17) is 0 Å². The highest BCUT2D eigenvalue weighted by Crippen LogP contribution is 2.31. The number of H-pyrrole nitrogens is 1. The Morgan fingerprint density at radius 2 is 1.70 bits per heavy atom. The van der Waals surface area contributed by atoms with Crippen molar-refractivity contribution in [2.45, 2.75) is 5.92 Å². The predicted octanol–water partition coefficient (Wildman–Crippen LogP) is 4.93. The lowest BCUT2D eigenvalue weighted by molar-refractivity contribution is 0.0948. The lowest BCUT2D eigenvalue weighted by atomic mass is 9.90. The second-order valence-electron chi connectivity index (χ2n) is 7.52. The van der Waals surface area contributed by atoms with Gasteiger partial charge in [-0.1, -0.05) is 42.5 Å². The fraction of sp³-hybridized carbons (Fsp3) is 0.160. The van der Waals surface area contributed by atoms with Crippen molar-refractivity contribution in [2.24, 2.45) is 0 Å². The third-order valence-corrected chi connectivity index (χ3v) is 5.39. The molecule has 1 amide bonds. The summed E-state index contributed by atoms with van der Waals surface area (Å²) >= 11 is 0. The van der Waals surface area contributed by atoms with Crippen LogP contribution < -0.4 is 10.2 Å². The van der Waals surface area contributed by atoms with Gasteiger partial charge in [-0.15, -0.1) is 0 Å². The zero-order chi connectivity index (χ0) is 21.1. The largest absolute Gasteiger partial charge is 0.378 e. The van der Waals surface area contributed by atoms with Gasteiger partial charge in [-0.25, -0.2) is 4.39 Å². The SMILES string of the molecule is CN(C)c1ccc([C@@H](CNC(=O)c2ccccc2F)c2c[nH]c3ccccc23)cc1. The number of halogens is 1. The first-order valence-corrected chi connectivity index (χ1v) is 9.90. The van der Waals surface area contributed by atoms with E-state index in [9.17, 15) is 9.18 Å². The van der Waals surface area contributed by atoms with Gasteiger partial charge in [-0.3, -0.25) is 4.79 Å². The fourth-order valence-electron chi connectivity index (χ4n) is 3.73. The minimum atomic E-state index is -0.519. The number of aromatic nitrogens is 1. The van der Waals surface area contributed by atoms with Crippen molar-refractivity contribution >= 4 is 22.5 Å². The van der Waals surface area contributed by atoms with E-state index in [2.05, 4.69) is 40.6 Å². The van der Waals surface area contributed by atoms with E-state index < -0.39 is 11.7 Å². The van der Waals surface area contributed by atoms with Crippen molar-refractivity contribution in [3.05, 3.63) is 102 Å². The monoisotopic (exact) mass is 401 g/mol. The summed E-state index contributed by atoms with van der Waals surface area (Å²) in [5.41, 5.74) is 4.38. The smallest absolute Gasteiger partial charge is 0.254 e. The Bertz CT molecular complexity index is 1160. The molecule has 4 aromatic rings. The number of amides is 1.